The Bertz CT molecular complexity index is 390. The van der Waals surface area contributed by atoms with Crippen molar-refractivity contribution in [3.63, 3.8) is 0 Å². The quantitative estimate of drug-likeness (QED) is 0.832. The number of nitriles is 1. The van der Waals surface area contributed by atoms with E-state index in [1.165, 1.54) is 12.8 Å². The molecule has 3 heteroatoms. The fourth-order valence-electron chi connectivity index (χ4n) is 4.31. The van der Waals surface area contributed by atoms with Crippen LogP contribution in [0.3, 0.4) is 0 Å². The molecule has 2 aliphatic carbocycles. The Kier molecular flexibility index (Phi) is 3.15. The van der Waals surface area contributed by atoms with E-state index in [9.17, 15) is 10.4 Å². The van der Waals surface area contributed by atoms with Crippen LogP contribution in [0.4, 0.5) is 0 Å². The first-order chi connectivity index (χ1) is 9.00. The van der Waals surface area contributed by atoms with Gasteiger partial charge in [0.05, 0.1) is 17.1 Å². The molecule has 0 aromatic rings. The fraction of sp³-hybridized carbons (Fsp3) is 0.938. The van der Waals surface area contributed by atoms with Crippen LogP contribution in [0.2, 0.25) is 0 Å². The van der Waals surface area contributed by atoms with Crippen molar-refractivity contribution in [1.29, 1.82) is 5.26 Å². The van der Waals surface area contributed by atoms with Gasteiger partial charge in [0.25, 0.3) is 0 Å². The second-order valence-corrected chi connectivity index (χ2v) is 7.36. The normalized spacial score (nSPS) is 48.1. The van der Waals surface area contributed by atoms with Crippen molar-refractivity contribution in [2.75, 3.05) is 6.54 Å². The zero-order chi connectivity index (χ0) is 13.7. The average molecular weight is 262 g/mol. The third-order valence-corrected chi connectivity index (χ3v) is 5.89. The van der Waals surface area contributed by atoms with Gasteiger partial charge in [-0.15, -0.1) is 0 Å². The van der Waals surface area contributed by atoms with E-state index in [0.717, 1.165) is 38.6 Å². The molecule has 2 atom stereocenters. The molecule has 1 heterocycles. The van der Waals surface area contributed by atoms with Crippen molar-refractivity contribution in [2.24, 2.45) is 11.3 Å². The van der Waals surface area contributed by atoms with Gasteiger partial charge < -0.3 is 5.11 Å². The van der Waals surface area contributed by atoms with Crippen molar-refractivity contribution in [3.05, 3.63) is 0 Å². The van der Waals surface area contributed by atoms with Crippen LogP contribution in [0.25, 0.3) is 0 Å². The molecular formula is C16H26N2O. The summed E-state index contributed by atoms with van der Waals surface area (Å²) in [6, 6.07) is 3.66. The minimum Gasteiger partial charge on any atom is -0.387 e. The molecule has 0 bridgehead atoms. The minimum absolute atomic E-state index is 0.432. The van der Waals surface area contributed by atoms with Crippen molar-refractivity contribution < 1.29 is 5.11 Å². The lowest BCUT2D eigenvalue weighted by Gasteiger charge is -2.44. The number of β-amino-alcohol motifs (C(OH)–C–C–N with tert-alkyl or cyclic N) is 1. The van der Waals surface area contributed by atoms with E-state index >= 15 is 0 Å². The molecule has 3 fully saturated rings. The highest BCUT2D eigenvalue weighted by Gasteiger charge is 2.58. The second-order valence-electron chi connectivity index (χ2n) is 7.36. The van der Waals surface area contributed by atoms with Crippen LogP contribution in [0, 0.1) is 22.7 Å². The summed E-state index contributed by atoms with van der Waals surface area (Å²) in [5, 5.41) is 21.0. The second kappa shape index (κ2) is 4.46. The summed E-state index contributed by atoms with van der Waals surface area (Å²) in [7, 11) is 0. The summed E-state index contributed by atoms with van der Waals surface area (Å²) in [6.45, 7) is 5.20. The molecule has 0 aromatic heterocycles. The number of likely N-dealkylation sites (tertiary alicyclic amines) is 1. The highest BCUT2D eigenvalue weighted by molar-refractivity contribution is 5.18. The van der Waals surface area contributed by atoms with Gasteiger partial charge in [0.2, 0.25) is 0 Å². The van der Waals surface area contributed by atoms with Gasteiger partial charge in [0.1, 0.15) is 0 Å². The highest BCUT2D eigenvalue weighted by Crippen LogP contribution is 2.52. The number of nitrogens with zero attached hydrogens (tertiary/aromatic N) is 2. The molecule has 1 saturated heterocycles. The maximum Gasteiger partial charge on any atom is 0.0974 e. The van der Waals surface area contributed by atoms with Crippen molar-refractivity contribution >= 4 is 0 Å². The minimum atomic E-state index is -0.774. The number of hydrogen-bond acceptors (Lipinski definition) is 3. The standard InChI is InChI=1S/C16H26N2O/c1-12-5-7-15(10-17,8-6-12)16(19)9-13(2)18(11-16)14-3-4-14/h12-14,19H,3-9,11H2,1-2H3. The van der Waals surface area contributed by atoms with Crippen LogP contribution in [0.1, 0.15) is 58.8 Å². The van der Waals surface area contributed by atoms with E-state index in [1.54, 1.807) is 0 Å². The number of hydrogen-bond donors (Lipinski definition) is 1. The van der Waals surface area contributed by atoms with E-state index in [-0.39, 0.29) is 0 Å². The molecule has 2 saturated carbocycles. The molecule has 0 aromatic carbocycles. The summed E-state index contributed by atoms with van der Waals surface area (Å²) < 4.78 is 0. The first-order valence-electron chi connectivity index (χ1n) is 7.89. The summed E-state index contributed by atoms with van der Waals surface area (Å²) >= 11 is 0. The lowest BCUT2D eigenvalue weighted by molar-refractivity contribution is -0.0687. The molecule has 0 amide bonds. The van der Waals surface area contributed by atoms with Gasteiger partial charge in [-0.25, -0.2) is 0 Å². The van der Waals surface area contributed by atoms with Gasteiger partial charge in [0.15, 0.2) is 0 Å². The molecule has 1 aliphatic heterocycles. The largest absolute Gasteiger partial charge is 0.387 e. The zero-order valence-corrected chi connectivity index (χ0v) is 12.2. The Morgan fingerprint density at radius 3 is 2.32 bits per heavy atom. The average Bonchev–Trinajstić information content (AvgIpc) is 3.17. The molecule has 19 heavy (non-hydrogen) atoms. The topological polar surface area (TPSA) is 47.3 Å². The predicted octanol–water partition coefficient (Wildman–Crippen LogP) is 2.69. The summed E-state index contributed by atoms with van der Waals surface area (Å²) in [4.78, 5) is 2.46. The van der Waals surface area contributed by atoms with Gasteiger partial charge in [0, 0.05) is 18.6 Å². The SMILES string of the molecule is CC1CCC(C#N)(C2(O)CC(C)N(C3CC3)C2)CC1. The highest BCUT2D eigenvalue weighted by atomic mass is 16.3. The first kappa shape index (κ1) is 13.4. The molecule has 3 nitrogen and oxygen atoms in total. The van der Waals surface area contributed by atoms with Crippen LogP contribution < -0.4 is 0 Å². The van der Waals surface area contributed by atoms with E-state index in [2.05, 4.69) is 24.8 Å². The van der Waals surface area contributed by atoms with E-state index < -0.39 is 11.0 Å². The Hall–Kier alpha value is -0.590. The maximum atomic E-state index is 11.2. The Morgan fingerprint density at radius 1 is 1.16 bits per heavy atom. The first-order valence-corrected chi connectivity index (χ1v) is 7.89. The summed E-state index contributed by atoms with van der Waals surface area (Å²) in [5.74, 6) is 0.712. The Balaban J connectivity index is 1.81. The number of rotatable bonds is 2. The Morgan fingerprint density at radius 2 is 1.79 bits per heavy atom. The fourth-order valence-corrected chi connectivity index (χ4v) is 4.31. The van der Waals surface area contributed by atoms with Crippen molar-refractivity contribution in [3.8, 4) is 6.07 Å². The van der Waals surface area contributed by atoms with Crippen LogP contribution in [0.5, 0.6) is 0 Å². The van der Waals surface area contributed by atoms with Gasteiger partial charge in [-0.3, -0.25) is 4.90 Å². The monoisotopic (exact) mass is 262 g/mol. The smallest absolute Gasteiger partial charge is 0.0974 e. The molecule has 1 N–H and O–H groups in total. The van der Waals surface area contributed by atoms with E-state index in [4.69, 9.17) is 0 Å². The molecule has 3 aliphatic rings. The molecule has 0 spiro atoms. The zero-order valence-electron chi connectivity index (χ0n) is 12.2. The molecule has 3 rings (SSSR count). The van der Waals surface area contributed by atoms with Crippen LogP contribution in [0.15, 0.2) is 0 Å². The third-order valence-electron chi connectivity index (χ3n) is 5.89. The van der Waals surface area contributed by atoms with Crippen LogP contribution in [-0.4, -0.2) is 34.2 Å². The van der Waals surface area contributed by atoms with Crippen LogP contribution in [-0.2, 0) is 0 Å². The van der Waals surface area contributed by atoms with Crippen LogP contribution >= 0.6 is 0 Å². The third kappa shape index (κ3) is 2.10. The molecule has 2 unspecified atom stereocenters. The molecular weight excluding hydrogens is 236 g/mol. The molecule has 0 radical (unpaired) electrons. The Labute approximate surface area is 116 Å². The predicted molar refractivity (Wildman–Crippen MR) is 74.4 cm³/mol. The lowest BCUT2D eigenvalue weighted by Crippen LogP contribution is -2.51. The lowest BCUT2D eigenvalue weighted by atomic mass is 9.61. The van der Waals surface area contributed by atoms with Crippen molar-refractivity contribution in [1.82, 2.24) is 4.90 Å². The van der Waals surface area contributed by atoms with Gasteiger partial charge in [-0.05, 0) is 57.8 Å². The van der Waals surface area contributed by atoms with Gasteiger partial charge >= 0.3 is 0 Å². The molecule has 106 valence electrons. The number of aliphatic hydroxyl groups is 1. The van der Waals surface area contributed by atoms with E-state index in [0.29, 0.717) is 18.0 Å². The summed E-state index contributed by atoms with van der Waals surface area (Å²) in [5.41, 5.74) is -1.26. The maximum absolute atomic E-state index is 11.2. The van der Waals surface area contributed by atoms with Gasteiger partial charge in [-0.2, -0.15) is 5.26 Å². The summed E-state index contributed by atoms with van der Waals surface area (Å²) in [6.07, 6.45) is 7.28. The van der Waals surface area contributed by atoms with Gasteiger partial charge in [-0.1, -0.05) is 6.92 Å². The van der Waals surface area contributed by atoms with E-state index in [1.807, 2.05) is 0 Å². The van der Waals surface area contributed by atoms with Crippen molar-refractivity contribution in [2.45, 2.75) is 76.5 Å².